The SMILES string of the molecule is OCC(O)CO.OC[C@@H](O)[C@@H](O)[C@H](O)[C@H](O)CO.[Cl-].[Na+]. The van der Waals surface area contributed by atoms with E-state index in [4.69, 9.17) is 46.0 Å². The van der Waals surface area contributed by atoms with Crippen molar-refractivity contribution in [3.8, 4) is 0 Å². The Bertz CT molecular complexity index is 173. The monoisotopic (exact) mass is 332 g/mol. The van der Waals surface area contributed by atoms with Crippen molar-refractivity contribution in [2.24, 2.45) is 0 Å². The van der Waals surface area contributed by atoms with E-state index >= 15 is 0 Å². The van der Waals surface area contributed by atoms with Crippen molar-refractivity contribution < 1.29 is 87.9 Å². The van der Waals surface area contributed by atoms with Gasteiger partial charge < -0.3 is 58.4 Å². The Balaban J connectivity index is -0.000000139. The van der Waals surface area contributed by atoms with Gasteiger partial charge in [0.25, 0.3) is 0 Å². The van der Waals surface area contributed by atoms with Gasteiger partial charge in [0, 0.05) is 0 Å². The summed E-state index contributed by atoms with van der Waals surface area (Å²) in [5, 5.41) is 76.2. The van der Waals surface area contributed by atoms with Gasteiger partial charge in [-0.15, -0.1) is 0 Å². The molecule has 9 N–H and O–H groups in total. The Morgan fingerprint density at radius 3 is 0.900 bits per heavy atom. The van der Waals surface area contributed by atoms with Crippen LogP contribution in [-0.2, 0) is 0 Å². The number of hydrogen-bond acceptors (Lipinski definition) is 9. The first-order valence-electron chi connectivity index (χ1n) is 5.19. The van der Waals surface area contributed by atoms with Crippen LogP contribution in [0.5, 0.6) is 0 Å². The molecular formula is C9H22ClNaO9. The molecule has 0 unspecified atom stereocenters. The third-order valence-electron chi connectivity index (χ3n) is 1.93. The molecule has 0 fully saturated rings. The number of rotatable bonds is 7. The zero-order valence-electron chi connectivity index (χ0n) is 11.1. The van der Waals surface area contributed by atoms with Gasteiger partial charge in [-0.3, -0.25) is 0 Å². The van der Waals surface area contributed by atoms with Crippen molar-refractivity contribution in [1.29, 1.82) is 0 Å². The molecule has 0 bridgehead atoms. The third-order valence-corrected chi connectivity index (χ3v) is 1.93. The van der Waals surface area contributed by atoms with Crippen LogP contribution in [-0.4, -0.2) is 103 Å². The smallest absolute Gasteiger partial charge is 1.00 e. The summed E-state index contributed by atoms with van der Waals surface area (Å²) < 4.78 is 0. The van der Waals surface area contributed by atoms with Gasteiger partial charge in [0.1, 0.15) is 30.5 Å². The average molecular weight is 333 g/mol. The first kappa shape index (κ1) is 29.0. The maximum atomic E-state index is 8.96. The third kappa shape index (κ3) is 13.9. The first-order valence-corrected chi connectivity index (χ1v) is 5.19. The zero-order chi connectivity index (χ0) is 14.7. The van der Waals surface area contributed by atoms with Crippen molar-refractivity contribution in [3.63, 3.8) is 0 Å². The van der Waals surface area contributed by atoms with E-state index in [-0.39, 0.29) is 55.2 Å². The average Bonchev–Trinajstić information content (AvgIpc) is 2.43. The fourth-order valence-corrected chi connectivity index (χ4v) is 0.729. The largest absolute Gasteiger partial charge is 1.00 e. The predicted octanol–water partition coefficient (Wildman–Crippen LogP) is -11.2. The van der Waals surface area contributed by atoms with Gasteiger partial charge in [0.2, 0.25) is 0 Å². The number of aliphatic hydroxyl groups excluding tert-OH is 9. The van der Waals surface area contributed by atoms with E-state index in [9.17, 15) is 0 Å². The van der Waals surface area contributed by atoms with E-state index in [1.165, 1.54) is 0 Å². The molecule has 11 heteroatoms. The van der Waals surface area contributed by atoms with Gasteiger partial charge >= 0.3 is 29.6 Å². The molecule has 0 aliphatic carbocycles. The van der Waals surface area contributed by atoms with Gasteiger partial charge in [-0.05, 0) is 0 Å². The molecule has 20 heavy (non-hydrogen) atoms. The van der Waals surface area contributed by atoms with Crippen LogP contribution in [0.15, 0.2) is 0 Å². The summed E-state index contributed by atoms with van der Waals surface area (Å²) in [4.78, 5) is 0. The predicted molar refractivity (Wildman–Crippen MR) is 58.4 cm³/mol. The maximum absolute atomic E-state index is 8.96. The summed E-state index contributed by atoms with van der Waals surface area (Å²) in [5.41, 5.74) is 0. The number of aliphatic hydroxyl groups is 9. The zero-order valence-corrected chi connectivity index (χ0v) is 13.9. The second kappa shape index (κ2) is 18.0. The van der Waals surface area contributed by atoms with Gasteiger partial charge in [-0.25, -0.2) is 0 Å². The van der Waals surface area contributed by atoms with Gasteiger partial charge in [0.15, 0.2) is 0 Å². The van der Waals surface area contributed by atoms with Gasteiger partial charge in [-0.2, -0.15) is 0 Å². The molecule has 120 valence electrons. The molecule has 0 radical (unpaired) electrons. The summed E-state index contributed by atoms with van der Waals surface area (Å²) in [6.07, 6.45) is -7.35. The van der Waals surface area contributed by atoms with Crippen molar-refractivity contribution in [1.82, 2.24) is 0 Å². The minimum absolute atomic E-state index is 0. The summed E-state index contributed by atoms with van der Waals surface area (Å²) >= 11 is 0. The molecule has 0 spiro atoms. The van der Waals surface area contributed by atoms with Crippen LogP contribution in [0, 0.1) is 0 Å². The van der Waals surface area contributed by atoms with Crippen LogP contribution in [0.2, 0.25) is 0 Å². The molecule has 0 rings (SSSR count). The number of hydrogen-bond donors (Lipinski definition) is 9. The van der Waals surface area contributed by atoms with E-state index in [0.29, 0.717) is 0 Å². The van der Waals surface area contributed by atoms with E-state index in [1.54, 1.807) is 0 Å². The van der Waals surface area contributed by atoms with Gasteiger partial charge in [-0.1, -0.05) is 0 Å². The summed E-state index contributed by atoms with van der Waals surface area (Å²) in [6.45, 7) is -2.18. The van der Waals surface area contributed by atoms with E-state index in [1.807, 2.05) is 0 Å². The van der Waals surface area contributed by atoms with E-state index < -0.39 is 43.7 Å². The van der Waals surface area contributed by atoms with E-state index in [2.05, 4.69) is 0 Å². The maximum Gasteiger partial charge on any atom is 1.00 e. The van der Waals surface area contributed by atoms with Crippen LogP contribution in [0.4, 0.5) is 0 Å². The molecule has 0 heterocycles. The quantitative estimate of drug-likeness (QED) is 0.204. The molecule has 0 aliphatic rings. The summed E-state index contributed by atoms with van der Waals surface area (Å²) in [7, 11) is 0. The molecule has 0 aliphatic heterocycles. The topological polar surface area (TPSA) is 182 Å². The molecule has 0 saturated heterocycles. The van der Waals surface area contributed by atoms with E-state index in [0.717, 1.165) is 0 Å². The normalized spacial score (nSPS) is 15.9. The van der Waals surface area contributed by atoms with Crippen molar-refractivity contribution >= 4 is 0 Å². The molecule has 4 atom stereocenters. The van der Waals surface area contributed by atoms with Crippen molar-refractivity contribution in [3.05, 3.63) is 0 Å². The van der Waals surface area contributed by atoms with Crippen LogP contribution in [0.1, 0.15) is 0 Å². The molecule has 0 saturated carbocycles. The fourth-order valence-electron chi connectivity index (χ4n) is 0.729. The second-order valence-electron chi connectivity index (χ2n) is 3.50. The standard InChI is InChI=1S/C6H14O6.C3H8O3.ClH.Na/c7-1-3(9)5(11)6(12)4(10)2-8;4-1-3(6)2-5;;/h3-12H,1-2H2;3-6H,1-2H2;1H;/q;;;+1/p-1/t3-,4-,5-,6-;;;/m1.../s1. The molecule has 9 nitrogen and oxygen atoms in total. The van der Waals surface area contributed by atoms with Gasteiger partial charge in [0.05, 0.1) is 26.4 Å². The Kier molecular flexibility index (Phi) is 26.1. The fraction of sp³-hybridized carbons (Fsp3) is 1.00. The Hall–Kier alpha value is 0.930. The Labute approximate surface area is 144 Å². The molecule has 0 aromatic heterocycles. The minimum Gasteiger partial charge on any atom is -1.00 e. The minimum atomic E-state index is -1.67. The molecule has 0 aromatic rings. The number of halogens is 1. The summed E-state index contributed by atoms with van der Waals surface area (Å²) in [6, 6.07) is 0. The van der Waals surface area contributed by atoms with Crippen LogP contribution >= 0.6 is 0 Å². The molecule has 0 amide bonds. The molecular weight excluding hydrogens is 311 g/mol. The Morgan fingerprint density at radius 1 is 0.550 bits per heavy atom. The van der Waals surface area contributed by atoms with Crippen molar-refractivity contribution in [2.75, 3.05) is 26.4 Å². The summed E-state index contributed by atoms with van der Waals surface area (Å²) in [5.74, 6) is 0. The molecule has 0 aromatic carbocycles. The van der Waals surface area contributed by atoms with Crippen LogP contribution < -0.4 is 42.0 Å². The Morgan fingerprint density at radius 2 is 0.800 bits per heavy atom. The van der Waals surface area contributed by atoms with Crippen molar-refractivity contribution in [2.45, 2.75) is 30.5 Å². The van der Waals surface area contributed by atoms with Crippen LogP contribution in [0.25, 0.3) is 0 Å². The van der Waals surface area contributed by atoms with Crippen LogP contribution in [0.3, 0.4) is 0 Å². The second-order valence-corrected chi connectivity index (χ2v) is 3.50. The first-order chi connectivity index (χ1) is 8.35.